The number of phenols is 1. The first-order valence-corrected chi connectivity index (χ1v) is 13.8. The van der Waals surface area contributed by atoms with Gasteiger partial charge in [-0.3, -0.25) is 33.7 Å². The number of amides is 1. The van der Waals surface area contributed by atoms with Crippen LogP contribution in [0.2, 0.25) is 0 Å². The van der Waals surface area contributed by atoms with Crippen LogP contribution in [0.5, 0.6) is 5.75 Å². The molecule has 222 valence electrons. The molecule has 1 amide bonds. The van der Waals surface area contributed by atoms with Crippen LogP contribution in [0, 0.1) is 23.7 Å². The third-order valence-corrected chi connectivity index (χ3v) is 8.96. The highest BCUT2D eigenvalue weighted by Crippen LogP contribution is 2.52. The lowest BCUT2D eigenvalue weighted by atomic mass is 9.52. The standard InChI is InChI=1S/C30H39N3O8/c1-29(2,3)17-12-14(18(34)8-9-32(4)5)15-10-13-11-16-22(33(6)7)25(37)21(28(31)40)27(39)30(16,41)26(38)19(13)24(36)20(15)23(17)35/h12-13,16,19,21-22,35,41H,8-11H2,1-7H3,(H2,31,40)/t13-,16-,19?,21?,22-,30-/m0/s1. The van der Waals surface area contributed by atoms with E-state index in [0.29, 0.717) is 23.2 Å². The highest BCUT2D eigenvalue weighted by Gasteiger charge is 2.69. The molecule has 4 N–H and O–H groups in total. The van der Waals surface area contributed by atoms with Crippen molar-refractivity contribution >= 4 is 34.8 Å². The second-order valence-corrected chi connectivity index (χ2v) is 13.2. The number of aliphatic hydroxyl groups is 1. The van der Waals surface area contributed by atoms with Crippen LogP contribution in [0.15, 0.2) is 6.07 Å². The number of hydrogen-bond acceptors (Lipinski definition) is 10. The second kappa shape index (κ2) is 10.2. The molecule has 0 spiro atoms. The Labute approximate surface area is 239 Å². The van der Waals surface area contributed by atoms with Gasteiger partial charge in [0.1, 0.15) is 5.75 Å². The molecule has 3 aliphatic rings. The predicted octanol–water partition coefficient (Wildman–Crippen LogP) is 0.299. The van der Waals surface area contributed by atoms with E-state index in [4.69, 9.17) is 5.73 Å². The van der Waals surface area contributed by atoms with Gasteiger partial charge in [0.05, 0.1) is 17.5 Å². The zero-order valence-corrected chi connectivity index (χ0v) is 24.6. The minimum absolute atomic E-state index is 0.0485. The number of carbonyl (C=O) groups is 6. The fraction of sp³-hybridized carbons (Fsp3) is 0.600. The highest BCUT2D eigenvalue weighted by molar-refractivity contribution is 6.32. The van der Waals surface area contributed by atoms with Crippen molar-refractivity contribution in [1.29, 1.82) is 0 Å². The molecular formula is C30H39N3O8. The number of fused-ring (bicyclic) bond motifs is 3. The van der Waals surface area contributed by atoms with Crippen molar-refractivity contribution in [2.45, 2.75) is 57.1 Å². The van der Waals surface area contributed by atoms with Gasteiger partial charge >= 0.3 is 0 Å². The molecule has 3 aliphatic carbocycles. The number of aromatic hydroxyl groups is 1. The number of nitrogens with zero attached hydrogens (tertiary/aromatic N) is 2. The fourth-order valence-electron chi connectivity index (χ4n) is 6.95. The summed E-state index contributed by atoms with van der Waals surface area (Å²) in [5.41, 5.74) is 2.73. The number of ketones is 5. The lowest BCUT2D eigenvalue weighted by Crippen LogP contribution is -2.74. The largest absolute Gasteiger partial charge is 0.507 e. The van der Waals surface area contributed by atoms with Crippen LogP contribution in [0.1, 0.15) is 65.5 Å². The third-order valence-electron chi connectivity index (χ3n) is 8.96. The number of Topliss-reactive ketones (excluding diaryl/α,β-unsaturated/α-hetero) is 5. The third kappa shape index (κ3) is 4.64. The Morgan fingerprint density at radius 2 is 1.68 bits per heavy atom. The van der Waals surface area contributed by atoms with Crippen LogP contribution in [-0.4, -0.2) is 101 Å². The van der Waals surface area contributed by atoms with Crippen LogP contribution in [0.4, 0.5) is 0 Å². The molecule has 0 saturated heterocycles. The zero-order valence-electron chi connectivity index (χ0n) is 24.6. The van der Waals surface area contributed by atoms with Crippen molar-refractivity contribution in [3.63, 3.8) is 0 Å². The summed E-state index contributed by atoms with van der Waals surface area (Å²) in [6.07, 6.45) is 0.140. The van der Waals surface area contributed by atoms with E-state index in [1.807, 2.05) is 39.8 Å². The molecule has 0 aliphatic heterocycles. The summed E-state index contributed by atoms with van der Waals surface area (Å²) in [5.74, 6) is -11.4. The normalized spacial score (nSPS) is 29.9. The van der Waals surface area contributed by atoms with Gasteiger partial charge in [-0.25, -0.2) is 0 Å². The molecule has 41 heavy (non-hydrogen) atoms. The van der Waals surface area contributed by atoms with Gasteiger partial charge in [-0.15, -0.1) is 0 Å². The summed E-state index contributed by atoms with van der Waals surface area (Å²) >= 11 is 0. The highest BCUT2D eigenvalue weighted by atomic mass is 16.3. The van der Waals surface area contributed by atoms with Gasteiger partial charge in [0.25, 0.3) is 0 Å². The smallest absolute Gasteiger partial charge is 0.235 e. The van der Waals surface area contributed by atoms with Gasteiger partial charge in [-0.05, 0) is 64.0 Å². The zero-order chi connectivity index (χ0) is 30.9. The molecule has 6 atom stereocenters. The molecule has 2 fully saturated rings. The molecule has 11 nitrogen and oxygen atoms in total. The molecule has 0 bridgehead atoms. The lowest BCUT2D eigenvalue weighted by molar-refractivity contribution is -0.181. The van der Waals surface area contributed by atoms with Crippen molar-refractivity contribution in [2.24, 2.45) is 29.4 Å². The predicted molar refractivity (Wildman–Crippen MR) is 148 cm³/mol. The van der Waals surface area contributed by atoms with E-state index in [0.717, 1.165) is 0 Å². The molecule has 11 heteroatoms. The number of rotatable bonds is 6. The first-order chi connectivity index (χ1) is 18.8. The van der Waals surface area contributed by atoms with Crippen LogP contribution in [0.25, 0.3) is 0 Å². The van der Waals surface area contributed by atoms with Crippen LogP contribution >= 0.6 is 0 Å². The van der Waals surface area contributed by atoms with Crippen LogP contribution in [0.3, 0.4) is 0 Å². The molecule has 0 heterocycles. The number of phenolic OH excluding ortho intramolecular Hbond substituents is 1. The number of hydrogen-bond donors (Lipinski definition) is 3. The average Bonchev–Trinajstić information content (AvgIpc) is 2.83. The van der Waals surface area contributed by atoms with Gasteiger partial charge < -0.3 is 20.8 Å². The Morgan fingerprint density at radius 1 is 1.07 bits per heavy atom. The van der Waals surface area contributed by atoms with E-state index in [1.165, 1.54) is 19.0 Å². The average molecular weight is 570 g/mol. The van der Waals surface area contributed by atoms with Gasteiger partial charge in [-0.1, -0.05) is 20.8 Å². The molecule has 4 rings (SSSR count). The van der Waals surface area contributed by atoms with Crippen molar-refractivity contribution < 1.29 is 39.0 Å². The first kappa shape index (κ1) is 30.7. The minimum atomic E-state index is -2.79. The van der Waals surface area contributed by atoms with E-state index in [-0.39, 0.29) is 36.4 Å². The number of benzene rings is 1. The number of primary amides is 1. The summed E-state index contributed by atoms with van der Waals surface area (Å²) < 4.78 is 0. The van der Waals surface area contributed by atoms with Crippen LogP contribution < -0.4 is 5.73 Å². The summed E-state index contributed by atoms with van der Waals surface area (Å²) in [5, 5.41) is 23.1. The summed E-state index contributed by atoms with van der Waals surface area (Å²) in [7, 11) is 6.73. The Bertz CT molecular complexity index is 1370. The van der Waals surface area contributed by atoms with Gasteiger partial charge in [0.15, 0.2) is 40.4 Å². The van der Waals surface area contributed by atoms with Gasteiger partial charge in [0, 0.05) is 30.0 Å². The van der Waals surface area contributed by atoms with Crippen LogP contribution in [-0.2, 0) is 31.0 Å². The second-order valence-electron chi connectivity index (χ2n) is 13.2. The van der Waals surface area contributed by atoms with E-state index in [2.05, 4.69) is 0 Å². The lowest BCUT2D eigenvalue weighted by Gasteiger charge is -2.52. The molecule has 0 radical (unpaired) electrons. The maximum atomic E-state index is 14.1. The van der Waals surface area contributed by atoms with Crippen molar-refractivity contribution in [1.82, 2.24) is 9.80 Å². The molecular weight excluding hydrogens is 530 g/mol. The molecule has 2 saturated carbocycles. The van der Waals surface area contributed by atoms with Crippen molar-refractivity contribution in [3.8, 4) is 5.75 Å². The quantitative estimate of drug-likeness (QED) is 0.319. The number of likely N-dealkylation sites (N-methyl/N-ethyl adjacent to an activating group) is 1. The summed E-state index contributed by atoms with van der Waals surface area (Å²) in [4.78, 5) is 83.8. The van der Waals surface area contributed by atoms with E-state index >= 15 is 0 Å². The molecule has 2 unspecified atom stereocenters. The minimum Gasteiger partial charge on any atom is -0.507 e. The monoisotopic (exact) mass is 569 g/mol. The molecule has 1 aromatic carbocycles. The Morgan fingerprint density at radius 3 is 2.20 bits per heavy atom. The number of carbonyl (C=O) groups excluding carboxylic acids is 6. The summed E-state index contributed by atoms with van der Waals surface area (Å²) in [6.45, 7) is 5.92. The Balaban J connectivity index is 1.91. The Kier molecular flexibility index (Phi) is 7.64. The SMILES string of the molecule is CN(C)CCC(=O)c1cc(C(C)(C)C)c(O)c2c1C[C@H]1C[C@H]3[C@H](N(C)C)C(=O)C(C(N)=O)C(=O)[C@@]3(O)C(=O)C1C2=O. The van der Waals surface area contributed by atoms with Crippen molar-refractivity contribution in [3.05, 3.63) is 28.3 Å². The first-order valence-electron chi connectivity index (χ1n) is 13.8. The maximum absolute atomic E-state index is 14.1. The fourth-order valence-corrected chi connectivity index (χ4v) is 6.95. The van der Waals surface area contributed by atoms with Crippen molar-refractivity contribution in [2.75, 3.05) is 34.7 Å². The van der Waals surface area contributed by atoms with Gasteiger partial charge in [-0.2, -0.15) is 0 Å². The topological polar surface area (TPSA) is 175 Å². The molecule has 0 aromatic heterocycles. The Hall–Kier alpha value is -3.28. The number of nitrogens with two attached hydrogens (primary N) is 1. The summed E-state index contributed by atoms with van der Waals surface area (Å²) in [6, 6.07) is 0.434. The van der Waals surface area contributed by atoms with Gasteiger partial charge in [0.2, 0.25) is 5.91 Å². The maximum Gasteiger partial charge on any atom is 0.235 e. The van der Waals surface area contributed by atoms with E-state index in [9.17, 15) is 39.0 Å². The van der Waals surface area contributed by atoms with E-state index in [1.54, 1.807) is 6.07 Å². The molecule has 1 aromatic rings. The van der Waals surface area contributed by atoms with E-state index < -0.39 is 69.8 Å².